The van der Waals surface area contributed by atoms with Crippen molar-refractivity contribution in [1.82, 2.24) is 0 Å². The molecular formula is C12H13ClF3NO2. The van der Waals surface area contributed by atoms with Crippen molar-refractivity contribution in [2.24, 2.45) is 5.41 Å². The summed E-state index contributed by atoms with van der Waals surface area (Å²) in [5.41, 5.74) is -1.86. The zero-order chi connectivity index (χ0) is 14.8. The first-order chi connectivity index (χ1) is 8.54. The quantitative estimate of drug-likeness (QED) is 0.886. The van der Waals surface area contributed by atoms with E-state index in [0.717, 1.165) is 12.1 Å². The minimum Gasteiger partial charge on any atom is -0.481 e. The molecule has 0 aliphatic heterocycles. The van der Waals surface area contributed by atoms with Crippen LogP contribution in [0.2, 0.25) is 5.02 Å². The molecule has 0 radical (unpaired) electrons. The first-order valence-electron chi connectivity index (χ1n) is 5.38. The average Bonchev–Trinajstić information content (AvgIpc) is 2.26. The number of nitrogens with one attached hydrogen (secondary N) is 1. The van der Waals surface area contributed by atoms with E-state index in [1.807, 2.05) is 0 Å². The zero-order valence-corrected chi connectivity index (χ0v) is 11.1. The van der Waals surface area contributed by atoms with Crippen molar-refractivity contribution in [1.29, 1.82) is 0 Å². The van der Waals surface area contributed by atoms with Gasteiger partial charge in [0.15, 0.2) is 0 Å². The zero-order valence-electron chi connectivity index (χ0n) is 10.3. The van der Waals surface area contributed by atoms with Gasteiger partial charge in [-0.15, -0.1) is 0 Å². The number of hydrogen-bond donors (Lipinski definition) is 2. The fourth-order valence-electron chi connectivity index (χ4n) is 1.25. The molecular weight excluding hydrogens is 283 g/mol. The third-order valence-electron chi connectivity index (χ3n) is 2.59. The van der Waals surface area contributed by atoms with E-state index >= 15 is 0 Å². The fraction of sp³-hybridized carbons (Fsp3) is 0.417. The molecule has 106 valence electrons. The summed E-state index contributed by atoms with van der Waals surface area (Å²) in [6.07, 6.45) is -4.54. The van der Waals surface area contributed by atoms with Crippen molar-refractivity contribution in [2.45, 2.75) is 20.0 Å². The van der Waals surface area contributed by atoms with Crippen LogP contribution in [0, 0.1) is 5.41 Å². The molecule has 0 amide bonds. The van der Waals surface area contributed by atoms with Crippen LogP contribution >= 0.6 is 11.6 Å². The van der Waals surface area contributed by atoms with Gasteiger partial charge in [0.25, 0.3) is 0 Å². The van der Waals surface area contributed by atoms with Crippen LogP contribution < -0.4 is 5.32 Å². The van der Waals surface area contributed by atoms with E-state index in [1.54, 1.807) is 0 Å². The van der Waals surface area contributed by atoms with Gasteiger partial charge in [0.2, 0.25) is 0 Å². The molecule has 0 saturated carbocycles. The second kappa shape index (κ2) is 5.28. The van der Waals surface area contributed by atoms with Gasteiger partial charge in [-0.2, -0.15) is 13.2 Å². The van der Waals surface area contributed by atoms with Gasteiger partial charge in [0.05, 0.1) is 16.0 Å². The molecule has 1 aromatic carbocycles. The van der Waals surface area contributed by atoms with Crippen molar-refractivity contribution in [2.75, 3.05) is 11.9 Å². The highest BCUT2D eigenvalue weighted by Gasteiger charge is 2.33. The Balaban J connectivity index is 2.90. The summed E-state index contributed by atoms with van der Waals surface area (Å²) in [6.45, 7) is 2.95. The molecule has 0 atom stereocenters. The van der Waals surface area contributed by atoms with E-state index < -0.39 is 28.1 Å². The Labute approximate surface area is 113 Å². The number of rotatable bonds is 4. The monoisotopic (exact) mass is 295 g/mol. The van der Waals surface area contributed by atoms with Crippen molar-refractivity contribution < 1.29 is 23.1 Å². The van der Waals surface area contributed by atoms with Crippen LogP contribution in [-0.2, 0) is 11.0 Å². The van der Waals surface area contributed by atoms with E-state index in [-0.39, 0.29) is 12.2 Å². The highest BCUT2D eigenvalue weighted by atomic mass is 35.5. The Bertz CT molecular complexity index is 486. The average molecular weight is 296 g/mol. The lowest BCUT2D eigenvalue weighted by Gasteiger charge is -2.21. The molecule has 3 nitrogen and oxygen atoms in total. The first-order valence-corrected chi connectivity index (χ1v) is 5.76. The molecule has 7 heteroatoms. The van der Waals surface area contributed by atoms with Crippen molar-refractivity contribution in [3.05, 3.63) is 28.8 Å². The number of carboxylic acids is 1. The summed E-state index contributed by atoms with van der Waals surface area (Å²) in [5.74, 6) is -1.04. The summed E-state index contributed by atoms with van der Waals surface area (Å²) in [7, 11) is 0. The van der Waals surface area contributed by atoms with E-state index in [2.05, 4.69) is 5.32 Å². The van der Waals surface area contributed by atoms with Gasteiger partial charge < -0.3 is 10.4 Å². The van der Waals surface area contributed by atoms with E-state index in [9.17, 15) is 18.0 Å². The fourth-order valence-corrected chi connectivity index (χ4v) is 1.48. The smallest absolute Gasteiger partial charge is 0.417 e. The maximum absolute atomic E-state index is 12.6. The van der Waals surface area contributed by atoms with Crippen molar-refractivity contribution >= 4 is 23.3 Å². The maximum Gasteiger partial charge on any atom is 0.417 e. The maximum atomic E-state index is 12.6. The molecule has 0 fully saturated rings. The molecule has 1 aromatic rings. The number of anilines is 1. The number of aliphatic carboxylic acids is 1. The van der Waals surface area contributed by atoms with Crippen LogP contribution in [-0.4, -0.2) is 17.6 Å². The topological polar surface area (TPSA) is 49.3 Å². The van der Waals surface area contributed by atoms with Crippen LogP contribution in [0.1, 0.15) is 19.4 Å². The van der Waals surface area contributed by atoms with Gasteiger partial charge >= 0.3 is 12.1 Å². The highest BCUT2D eigenvalue weighted by Crippen LogP contribution is 2.36. The van der Waals surface area contributed by atoms with Crippen LogP contribution in [0.15, 0.2) is 18.2 Å². The molecule has 0 spiro atoms. The summed E-state index contributed by atoms with van der Waals surface area (Å²) in [6, 6.07) is 3.36. The second-order valence-corrected chi connectivity index (χ2v) is 5.14. The van der Waals surface area contributed by atoms with E-state index in [4.69, 9.17) is 16.7 Å². The second-order valence-electron chi connectivity index (χ2n) is 4.73. The first kappa shape index (κ1) is 15.6. The summed E-state index contributed by atoms with van der Waals surface area (Å²) >= 11 is 5.48. The van der Waals surface area contributed by atoms with Crippen LogP contribution in [0.5, 0.6) is 0 Å². The molecule has 0 aliphatic rings. The molecule has 0 aromatic heterocycles. The molecule has 2 N–H and O–H groups in total. The Morgan fingerprint density at radius 2 is 1.95 bits per heavy atom. The van der Waals surface area contributed by atoms with Crippen LogP contribution in [0.3, 0.4) is 0 Å². The van der Waals surface area contributed by atoms with Gasteiger partial charge in [0.1, 0.15) is 0 Å². The molecule has 0 saturated heterocycles. The van der Waals surface area contributed by atoms with E-state index in [0.29, 0.717) is 0 Å². The summed E-state index contributed by atoms with van der Waals surface area (Å²) in [5, 5.41) is 11.2. The minimum atomic E-state index is -4.54. The SMILES string of the molecule is CC(C)(CNc1ccc(Cl)c(C(F)(F)F)c1)C(=O)O. The van der Waals surface area contributed by atoms with Gasteiger partial charge in [-0.1, -0.05) is 11.6 Å². The van der Waals surface area contributed by atoms with E-state index in [1.165, 1.54) is 19.9 Å². The standard InChI is InChI=1S/C12H13ClF3NO2/c1-11(2,10(18)19)6-17-7-3-4-9(13)8(5-7)12(14,15)16/h3-5,17H,6H2,1-2H3,(H,18,19). The predicted octanol–water partition coefficient (Wildman–Crippen LogP) is 3.88. The lowest BCUT2D eigenvalue weighted by Crippen LogP contribution is -2.31. The number of alkyl halides is 3. The third-order valence-corrected chi connectivity index (χ3v) is 2.91. The Kier molecular flexibility index (Phi) is 4.35. The van der Waals surface area contributed by atoms with Crippen LogP contribution in [0.25, 0.3) is 0 Å². The predicted molar refractivity (Wildman–Crippen MR) is 66.4 cm³/mol. The molecule has 0 bridgehead atoms. The van der Waals surface area contributed by atoms with Crippen molar-refractivity contribution in [3.63, 3.8) is 0 Å². The third kappa shape index (κ3) is 4.02. The lowest BCUT2D eigenvalue weighted by molar-refractivity contribution is -0.146. The number of benzene rings is 1. The number of carbonyl (C=O) groups is 1. The normalized spacial score (nSPS) is 12.3. The Hall–Kier alpha value is -1.43. The van der Waals surface area contributed by atoms with Crippen LogP contribution in [0.4, 0.5) is 18.9 Å². The molecule has 19 heavy (non-hydrogen) atoms. The lowest BCUT2D eigenvalue weighted by atomic mass is 9.94. The van der Waals surface area contributed by atoms with Gasteiger partial charge in [-0.05, 0) is 32.0 Å². The largest absolute Gasteiger partial charge is 0.481 e. The number of halogens is 4. The minimum absolute atomic E-state index is 0.00125. The summed E-state index contributed by atoms with van der Waals surface area (Å²) < 4.78 is 37.9. The van der Waals surface area contributed by atoms with Gasteiger partial charge in [-0.3, -0.25) is 4.79 Å². The summed E-state index contributed by atoms with van der Waals surface area (Å²) in [4.78, 5) is 10.9. The Morgan fingerprint density at radius 3 is 2.42 bits per heavy atom. The molecule has 0 heterocycles. The highest BCUT2D eigenvalue weighted by molar-refractivity contribution is 6.31. The molecule has 0 aliphatic carbocycles. The number of carboxylic acid groups (broad SMARTS) is 1. The van der Waals surface area contributed by atoms with Gasteiger partial charge in [0, 0.05) is 12.2 Å². The van der Waals surface area contributed by atoms with Gasteiger partial charge in [-0.25, -0.2) is 0 Å². The number of hydrogen-bond acceptors (Lipinski definition) is 2. The molecule has 0 unspecified atom stereocenters. The molecule has 1 rings (SSSR count). The Morgan fingerprint density at radius 1 is 1.37 bits per heavy atom. The van der Waals surface area contributed by atoms with Crippen molar-refractivity contribution in [3.8, 4) is 0 Å².